The maximum atomic E-state index is 14.6. The van der Waals surface area contributed by atoms with Crippen molar-refractivity contribution < 1.29 is 18.3 Å². The summed E-state index contributed by atoms with van der Waals surface area (Å²) in [5, 5.41) is 0.117. The van der Waals surface area contributed by atoms with Gasteiger partial charge in [-0.15, -0.1) is 0 Å². The molecule has 2 aliphatic rings. The number of benzene rings is 1. The summed E-state index contributed by atoms with van der Waals surface area (Å²) in [5.41, 5.74) is 8.26. The van der Waals surface area contributed by atoms with Crippen molar-refractivity contribution in [3.05, 3.63) is 81.9 Å². The molecule has 1 saturated heterocycles. The van der Waals surface area contributed by atoms with Gasteiger partial charge in [0, 0.05) is 56.2 Å². The number of nitrogens with two attached hydrogens (primary N) is 1. The summed E-state index contributed by atoms with van der Waals surface area (Å²) in [6, 6.07) is 8.51. The van der Waals surface area contributed by atoms with Gasteiger partial charge in [-0.3, -0.25) is 9.69 Å². The first-order chi connectivity index (χ1) is 19.8. The monoisotopic (exact) mass is 562 g/mol. The SMILES string of the molecule is COc1cc(CN(Cc2cn3c4c(c(F)c(F)cc4c2=O)OC[C@@H]3C)[C@H]2CCCN(c3ccc(N)nc3)C2)ccn1. The van der Waals surface area contributed by atoms with Gasteiger partial charge in [-0.2, -0.15) is 4.39 Å². The Labute approximate surface area is 236 Å². The van der Waals surface area contributed by atoms with Crippen LogP contribution in [0.1, 0.15) is 36.9 Å². The first kappa shape index (κ1) is 26.9. The number of piperidine rings is 1. The first-order valence-electron chi connectivity index (χ1n) is 13.7. The Morgan fingerprint density at radius 3 is 2.83 bits per heavy atom. The average Bonchev–Trinajstić information content (AvgIpc) is 2.99. The van der Waals surface area contributed by atoms with Crippen LogP contribution >= 0.6 is 0 Å². The summed E-state index contributed by atoms with van der Waals surface area (Å²) in [7, 11) is 1.58. The highest BCUT2D eigenvalue weighted by Gasteiger charge is 2.30. The lowest BCUT2D eigenvalue weighted by Gasteiger charge is -2.40. The van der Waals surface area contributed by atoms with E-state index in [1.807, 2.05) is 29.7 Å². The molecule has 2 aliphatic heterocycles. The quantitative estimate of drug-likeness (QED) is 0.356. The topological polar surface area (TPSA) is 98.7 Å². The molecule has 1 aromatic carbocycles. The van der Waals surface area contributed by atoms with Crippen molar-refractivity contribution >= 4 is 22.4 Å². The van der Waals surface area contributed by atoms with E-state index in [4.69, 9.17) is 15.2 Å². The van der Waals surface area contributed by atoms with Gasteiger partial charge in [-0.25, -0.2) is 14.4 Å². The number of pyridine rings is 3. The highest BCUT2D eigenvalue weighted by atomic mass is 19.2. The van der Waals surface area contributed by atoms with Gasteiger partial charge in [0.25, 0.3) is 0 Å². The molecule has 2 N–H and O–H groups in total. The number of ether oxygens (including phenoxy) is 2. The predicted molar refractivity (Wildman–Crippen MR) is 152 cm³/mol. The second kappa shape index (κ2) is 11.0. The summed E-state index contributed by atoms with van der Waals surface area (Å²) < 4.78 is 41.9. The van der Waals surface area contributed by atoms with Crippen molar-refractivity contribution in [3.8, 4) is 11.6 Å². The van der Waals surface area contributed by atoms with Crippen LogP contribution in [0.2, 0.25) is 0 Å². The molecule has 0 amide bonds. The van der Waals surface area contributed by atoms with Crippen LogP contribution in [-0.2, 0) is 13.1 Å². The van der Waals surface area contributed by atoms with E-state index in [0.29, 0.717) is 35.9 Å². The van der Waals surface area contributed by atoms with Gasteiger partial charge in [0.2, 0.25) is 11.7 Å². The lowest BCUT2D eigenvalue weighted by molar-refractivity contribution is 0.157. The van der Waals surface area contributed by atoms with Crippen LogP contribution in [0.3, 0.4) is 0 Å². The number of anilines is 2. The Bertz CT molecular complexity index is 1640. The van der Waals surface area contributed by atoms with E-state index in [1.54, 1.807) is 31.8 Å². The molecule has 0 radical (unpaired) electrons. The number of rotatable bonds is 7. The fraction of sp³-hybridized carbons (Fsp3) is 0.367. The van der Waals surface area contributed by atoms with Gasteiger partial charge < -0.3 is 24.7 Å². The van der Waals surface area contributed by atoms with Gasteiger partial charge in [-0.1, -0.05) is 0 Å². The summed E-state index contributed by atoms with van der Waals surface area (Å²) >= 11 is 0. The number of halogens is 2. The number of hydrogen-bond acceptors (Lipinski definition) is 8. The Morgan fingerprint density at radius 2 is 2.05 bits per heavy atom. The van der Waals surface area contributed by atoms with Crippen molar-refractivity contribution in [3.63, 3.8) is 0 Å². The first-order valence-corrected chi connectivity index (χ1v) is 13.7. The molecule has 4 aromatic rings. The standard InChI is InChI=1S/C30H32F2N6O3/c1-18-17-41-30-27(32)24(31)11-23-28(30)38(18)15-20(29(23)39)14-37(13-19-7-8-34-26(10-19)40-2)22-4-3-9-36(16-22)21-5-6-25(33)35-12-21/h5-8,10-12,15,18,22H,3-4,9,13-14,16-17H2,1-2H3,(H2,33,35)/t18-,22-/m0/s1. The van der Waals surface area contributed by atoms with Crippen LogP contribution in [-0.4, -0.2) is 52.3 Å². The fourth-order valence-corrected chi connectivity index (χ4v) is 5.86. The van der Waals surface area contributed by atoms with E-state index in [9.17, 15) is 13.6 Å². The van der Waals surface area contributed by atoms with Crippen molar-refractivity contribution in [1.29, 1.82) is 0 Å². The highest BCUT2D eigenvalue weighted by Crippen LogP contribution is 2.35. The minimum absolute atomic E-state index is 0.0955. The van der Waals surface area contributed by atoms with Crippen LogP contribution < -0.4 is 25.5 Å². The molecule has 214 valence electrons. The molecular formula is C30H32F2N6O3. The van der Waals surface area contributed by atoms with Gasteiger partial charge in [0.05, 0.1) is 35.9 Å². The molecule has 0 bridgehead atoms. The number of nitrogens with zero attached hydrogens (tertiary/aromatic N) is 5. The van der Waals surface area contributed by atoms with Crippen LogP contribution in [0.5, 0.6) is 11.6 Å². The number of aromatic nitrogens is 3. The third-order valence-corrected chi connectivity index (χ3v) is 8.00. The van der Waals surface area contributed by atoms with E-state index >= 15 is 0 Å². The van der Waals surface area contributed by atoms with Crippen LogP contribution in [0, 0.1) is 11.6 Å². The molecule has 1 fully saturated rings. The highest BCUT2D eigenvalue weighted by molar-refractivity contribution is 5.86. The summed E-state index contributed by atoms with van der Waals surface area (Å²) in [6.45, 7) is 4.57. The molecule has 0 aliphatic carbocycles. The molecule has 11 heteroatoms. The number of nitrogen functional groups attached to an aromatic ring is 1. The second-order valence-electron chi connectivity index (χ2n) is 10.7. The minimum Gasteiger partial charge on any atom is -0.486 e. The van der Waals surface area contributed by atoms with Gasteiger partial charge in [-0.05, 0) is 49.6 Å². The molecule has 6 rings (SSSR count). The second-order valence-corrected chi connectivity index (χ2v) is 10.7. The van der Waals surface area contributed by atoms with Gasteiger partial charge in [0.1, 0.15) is 12.4 Å². The van der Waals surface area contributed by atoms with E-state index in [-0.39, 0.29) is 35.3 Å². The molecule has 0 spiro atoms. The molecule has 41 heavy (non-hydrogen) atoms. The Kier molecular flexibility index (Phi) is 7.21. The molecule has 0 unspecified atom stereocenters. The Morgan fingerprint density at radius 1 is 1.20 bits per heavy atom. The fourth-order valence-electron chi connectivity index (χ4n) is 5.86. The molecule has 5 heterocycles. The zero-order chi connectivity index (χ0) is 28.7. The van der Waals surface area contributed by atoms with Crippen LogP contribution in [0.15, 0.2) is 53.7 Å². The van der Waals surface area contributed by atoms with E-state index in [2.05, 4.69) is 19.8 Å². The van der Waals surface area contributed by atoms with Crippen molar-refractivity contribution in [2.45, 2.75) is 44.9 Å². The van der Waals surface area contributed by atoms with E-state index in [0.717, 1.165) is 43.2 Å². The molecule has 3 aromatic heterocycles. The van der Waals surface area contributed by atoms with Crippen molar-refractivity contribution in [2.75, 3.05) is 37.4 Å². The lowest BCUT2D eigenvalue weighted by atomic mass is 10.0. The smallest absolute Gasteiger partial charge is 0.213 e. The maximum Gasteiger partial charge on any atom is 0.213 e. The third-order valence-electron chi connectivity index (χ3n) is 8.00. The van der Waals surface area contributed by atoms with Crippen LogP contribution in [0.25, 0.3) is 10.9 Å². The molecule has 2 atom stereocenters. The predicted octanol–water partition coefficient (Wildman–Crippen LogP) is 4.29. The summed E-state index contributed by atoms with van der Waals surface area (Å²) in [4.78, 5) is 26.8. The zero-order valence-electron chi connectivity index (χ0n) is 23.0. The summed E-state index contributed by atoms with van der Waals surface area (Å²) in [6.07, 6.45) is 7.15. The van der Waals surface area contributed by atoms with Gasteiger partial charge in [0.15, 0.2) is 17.0 Å². The minimum atomic E-state index is -1.09. The van der Waals surface area contributed by atoms with Crippen molar-refractivity contribution in [2.24, 2.45) is 0 Å². The zero-order valence-corrected chi connectivity index (χ0v) is 23.0. The molecular weight excluding hydrogens is 530 g/mol. The van der Waals surface area contributed by atoms with Crippen molar-refractivity contribution in [1.82, 2.24) is 19.4 Å². The lowest BCUT2D eigenvalue weighted by Crippen LogP contribution is -2.48. The Balaban J connectivity index is 1.39. The largest absolute Gasteiger partial charge is 0.486 e. The Hall–Kier alpha value is -4.25. The number of hydrogen-bond donors (Lipinski definition) is 1. The van der Waals surface area contributed by atoms with Crippen LogP contribution in [0.4, 0.5) is 20.3 Å². The average molecular weight is 563 g/mol. The summed E-state index contributed by atoms with van der Waals surface area (Å²) in [5.74, 6) is -1.39. The van der Waals surface area contributed by atoms with E-state index < -0.39 is 11.6 Å². The van der Waals surface area contributed by atoms with Gasteiger partial charge >= 0.3 is 0 Å². The van der Waals surface area contributed by atoms with E-state index in [1.165, 1.54) is 0 Å². The maximum absolute atomic E-state index is 14.6. The third kappa shape index (κ3) is 5.17. The number of methoxy groups -OCH3 is 1. The molecule has 9 nitrogen and oxygen atoms in total. The molecule has 0 saturated carbocycles. The normalized spacial score (nSPS) is 18.5.